The first kappa shape index (κ1) is 17.4. The minimum absolute atomic E-state index is 0.0463. The van der Waals surface area contributed by atoms with Crippen LogP contribution in [0.4, 0.5) is 5.69 Å². The molecule has 9 heteroatoms. The maximum Gasteiger partial charge on any atom is 0.307 e. The predicted molar refractivity (Wildman–Crippen MR) is 86.5 cm³/mol. The third kappa shape index (κ3) is 4.26. The van der Waals surface area contributed by atoms with E-state index in [1.165, 1.54) is 23.3 Å². The summed E-state index contributed by atoms with van der Waals surface area (Å²) < 4.78 is 12.9. The van der Waals surface area contributed by atoms with Gasteiger partial charge in [0.25, 0.3) is 0 Å². The topological polar surface area (TPSA) is 96.2 Å². The quantitative estimate of drug-likeness (QED) is 0.455. The first-order valence-electron chi connectivity index (χ1n) is 7.32. The maximum absolute atomic E-state index is 10.6. The number of nitrogens with zero attached hydrogens (tertiary/aromatic N) is 4. The van der Waals surface area contributed by atoms with Crippen molar-refractivity contribution in [3.63, 3.8) is 0 Å². The highest BCUT2D eigenvalue weighted by Crippen LogP contribution is 2.36. The van der Waals surface area contributed by atoms with E-state index in [1.807, 2.05) is 0 Å². The molecule has 0 saturated heterocycles. The van der Waals surface area contributed by atoms with Gasteiger partial charge in [-0.15, -0.1) is 0 Å². The lowest BCUT2D eigenvalue weighted by Crippen LogP contribution is -2.40. The van der Waals surface area contributed by atoms with Crippen LogP contribution in [0.25, 0.3) is 0 Å². The lowest BCUT2D eigenvalue weighted by atomic mass is 10.2. The Balaban J connectivity index is 1.96. The summed E-state index contributed by atoms with van der Waals surface area (Å²) >= 11 is 0. The van der Waals surface area contributed by atoms with Crippen molar-refractivity contribution in [2.75, 3.05) is 0 Å². The standard InChI is InChI=1S/C14H22N4O4Si/c1-14(2,3)23(4,5)22-10-13-16-11(9-21-13)7-17-8-12(6-15-17)18(19)20/h6,8-9H,7,10H2,1-5H3. The van der Waals surface area contributed by atoms with E-state index in [9.17, 15) is 10.1 Å². The average Bonchev–Trinajstić information content (AvgIpc) is 3.05. The van der Waals surface area contributed by atoms with Crippen molar-refractivity contribution in [2.45, 2.75) is 52.1 Å². The summed E-state index contributed by atoms with van der Waals surface area (Å²) in [5.41, 5.74) is 0.604. The second-order valence-electron chi connectivity index (χ2n) is 6.93. The van der Waals surface area contributed by atoms with Crippen LogP contribution in [0.15, 0.2) is 23.1 Å². The van der Waals surface area contributed by atoms with Crippen LogP contribution >= 0.6 is 0 Å². The molecule has 0 aliphatic carbocycles. The summed E-state index contributed by atoms with van der Waals surface area (Å²) in [6, 6.07) is 0. The van der Waals surface area contributed by atoms with E-state index in [4.69, 9.17) is 8.84 Å². The molecule has 0 aliphatic rings. The summed E-state index contributed by atoms with van der Waals surface area (Å²) in [5, 5.41) is 14.7. The molecule has 0 aromatic carbocycles. The van der Waals surface area contributed by atoms with E-state index < -0.39 is 13.2 Å². The molecular formula is C14H22N4O4Si. The second-order valence-corrected chi connectivity index (χ2v) is 11.7. The number of hydrogen-bond donors (Lipinski definition) is 0. The van der Waals surface area contributed by atoms with Gasteiger partial charge in [-0.2, -0.15) is 5.10 Å². The zero-order valence-corrected chi connectivity index (χ0v) is 15.1. The van der Waals surface area contributed by atoms with Gasteiger partial charge < -0.3 is 8.84 Å². The Bertz CT molecular complexity index is 687. The van der Waals surface area contributed by atoms with Crippen molar-refractivity contribution in [3.05, 3.63) is 40.4 Å². The van der Waals surface area contributed by atoms with Crippen LogP contribution in [-0.4, -0.2) is 28.0 Å². The van der Waals surface area contributed by atoms with Crippen molar-refractivity contribution in [2.24, 2.45) is 0 Å². The van der Waals surface area contributed by atoms with Crippen LogP contribution in [-0.2, 0) is 17.6 Å². The fraction of sp³-hybridized carbons (Fsp3) is 0.571. The summed E-state index contributed by atoms with van der Waals surface area (Å²) in [7, 11) is -1.85. The van der Waals surface area contributed by atoms with Crippen LogP contribution in [0.5, 0.6) is 0 Å². The van der Waals surface area contributed by atoms with Crippen molar-refractivity contribution in [3.8, 4) is 0 Å². The number of aromatic nitrogens is 3. The number of nitro groups is 1. The SMILES string of the molecule is CC(C)(C)[Si](C)(C)OCc1nc(Cn2cc([N+](=O)[O-])cn2)co1. The van der Waals surface area contributed by atoms with Gasteiger partial charge in [-0.05, 0) is 18.1 Å². The van der Waals surface area contributed by atoms with Crippen LogP contribution in [0.3, 0.4) is 0 Å². The van der Waals surface area contributed by atoms with E-state index in [-0.39, 0.29) is 10.7 Å². The number of hydrogen-bond acceptors (Lipinski definition) is 6. The third-order valence-corrected chi connectivity index (χ3v) is 8.59. The molecule has 2 aromatic heterocycles. The monoisotopic (exact) mass is 338 g/mol. The molecule has 0 fully saturated rings. The largest absolute Gasteiger partial charge is 0.446 e. The Morgan fingerprint density at radius 2 is 2.13 bits per heavy atom. The number of oxazole rings is 1. The highest BCUT2D eigenvalue weighted by molar-refractivity contribution is 6.74. The van der Waals surface area contributed by atoms with Crippen molar-refractivity contribution < 1.29 is 13.8 Å². The van der Waals surface area contributed by atoms with E-state index >= 15 is 0 Å². The molecule has 0 N–H and O–H groups in total. The van der Waals surface area contributed by atoms with Gasteiger partial charge in [-0.1, -0.05) is 20.8 Å². The Hall–Kier alpha value is -2.00. The van der Waals surface area contributed by atoms with Crippen molar-refractivity contribution in [1.82, 2.24) is 14.8 Å². The molecule has 8 nitrogen and oxygen atoms in total. The second kappa shape index (κ2) is 6.24. The Morgan fingerprint density at radius 1 is 1.43 bits per heavy atom. The molecular weight excluding hydrogens is 316 g/mol. The van der Waals surface area contributed by atoms with Crippen LogP contribution < -0.4 is 0 Å². The van der Waals surface area contributed by atoms with Gasteiger partial charge in [0.1, 0.15) is 31.0 Å². The van der Waals surface area contributed by atoms with E-state index in [0.717, 1.165) is 0 Å². The highest BCUT2D eigenvalue weighted by Gasteiger charge is 2.37. The Kier molecular flexibility index (Phi) is 4.71. The van der Waals surface area contributed by atoms with Gasteiger partial charge >= 0.3 is 5.69 Å². The normalized spacial score (nSPS) is 12.6. The van der Waals surface area contributed by atoms with Gasteiger partial charge in [-0.25, -0.2) is 4.98 Å². The van der Waals surface area contributed by atoms with Crippen LogP contribution in [0.1, 0.15) is 32.4 Å². The lowest BCUT2D eigenvalue weighted by molar-refractivity contribution is -0.385. The molecule has 23 heavy (non-hydrogen) atoms. The molecule has 0 atom stereocenters. The van der Waals surface area contributed by atoms with E-state index in [1.54, 1.807) is 0 Å². The van der Waals surface area contributed by atoms with Gasteiger partial charge in [0.05, 0.1) is 11.5 Å². The molecule has 0 spiro atoms. The van der Waals surface area contributed by atoms with Gasteiger partial charge in [0.15, 0.2) is 8.32 Å². The zero-order valence-electron chi connectivity index (χ0n) is 14.1. The first-order valence-corrected chi connectivity index (χ1v) is 10.2. The average molecular weight is 338 g/mol. The lowest BCUT2D eigenvalue weighted by Gasteiger charge is -2.35. The molecule has 0 bridgehead atoms. The van der Waals surface area contributed by atoms with Crippen LogP contribution in [0, 0.1) is 10.1 Å². The predicted octanol–water partition coefficient (Wildman–Crippen LogP) is 3.35. The molecule has 0 amide bonds. The van der Waals surface area contributed by atoms with Crippen molar-refractivity contribution >= 4 is 14.0 Å². The first-order chi connectivity index (χ1) is 10.6. The third-order valence-electron chi connectivity index (χ3n) is 4.12. The summed E-state index contributed by atoms with van der Waals surface area (Å²) in [4.78, 5) is 14.5. The molecule has 0 radical (unpaired) electrons. The summed E-state index contributed by atoms with van der Waals surface area (Å²) in [6.45, 7) is 11.5. The highest BCUT2D eigenvalue weighted by atomic mass is 28.4. The van der Waals surface area contributed by atoms with Gasteiger partial charge in [0, 0.05) is 0 Å². The molecule has 2 aromatic rings. The Labute approximate surface area is 135 Å². The molecule has 0 saturated carbocycles. The Morgan fingerprint density at radius 3 is 2.70 bits per heavy atom. The van der Waals surface area contributed by atoms with E-state index in [0.29, 0.717) is 24.7 Å². The molecule has 2 rings (SSSR count). The number of rotatable bonds is 6. The maximum atomic E-state index is 10.6. The minimum Gasteiger partial charge on any atom is -0.446 e. The molecule has 0 aliphatic heterocycles. The smallest absolute Gasteiger partial charge is 0.307 e. The van der Waals surface area contributed by atoms with Gasteiger partial charge in [-0.3, -0.25) is 14.8 Å². The van der Waals surface area contributed by atoms with Crippen molar-refractivity contribution in [1.29, 1.82) is 0 Å². The van der Waals surface area contributed by atoms with E-state index in [2.05, 4.69) is 43.9 Å². The molecule has 126 valence electrons. The van der Waals surface area contributed by atoms with Crippen LogP contribution in [0.2, 0.25) is 18.1 Å². The fourth-order valence-electron chi connectivity index (χ4n) is 1.65. The molecule has 0 unspecified atom stereocenters. The zero-order chi connectivity index (χ0) is 17.3. The van der Waals surface area contributed by atoms with Gasteiger partial charge in [0.2, 0.25) is 5.89 Å². The fourth-order valence-corrected chi connectivity index (χ4v) is 2.56. The summed E-state index contributed by atoms with van der Waals surface area (Å²) in [6.07, 6.45) is 4.10. The minimum atomic E-state index is -1.85. The summed E-state index contributed by atoms with van der Waals surface area (Å²) in [5.74, 6) is 0.506. The molecule has 2 heterocycles.